The number of ether oxygens (including phenoxy) is 6. The Labute approximate surface area is 382 Å². The Kier molecular flexibility index (Phi) is 25.7. The quantitative estimate of drug-likeness (QED) is 0.0277. The van der Waals surface area contributed by atoms with Crippen LogP contribution < -0.4 is 31.9 Å². The maximum Gasteiger partial charge on any atom is 0.407 e. The van der Waals surface area contributed by atoms with E-state index in [0.29, 0.717) is 0 Å². The van der Waals surface area contributed by atoms with Gasteiger partial charge in [-0.3, -0.25) is 28.3 Å². The molecule has 0 aliphatic carbocycles. The van der Waals surface area contributed by atoms with Gasteiger partial charge in [-0.2, -0.15) is 0 Å². The summed E-state index contributed by atoms with van der Waals surface area (Å²) >= 11 is 0. The second-order valence-electron chi connectivity index (χ2n) is 16.3. The zero-order valence-electron chi connectivity index (χ0n) is 38.0. The second-order valence-corrected chi connectivity index (χ2v) is 18.2. The Hall–Kier alpha value is -3.83. The minimum atomic E-state index is -3.80. The molecule has 0 aromatic carbocycles. The van der Waals surface area contributed by atoms with Crippen LogP contribution in [-0.4, -0.2) is 212 Å². The number of hydrogen-bond donors (Lipinski definition) is 12. The SMILES string of the molecule is CC(=O)N[C@H]1[C@H](OCCCNC(=O)CCNC(=O)OCC(COC(=O)NCCC(=O)NCCCO[C@@H]2O[C@H](CO)[C@H](O)[C@H](O)[C@H]2NC(C)=O)OP(C)(=O)OC(C)(C)C)O[C@H](CO)[C@H](O)[C@@H]1O. The van der Waals surface area contributed by atoms with Crippen LogP contribution >= 0.6 is 7.60 Å². The molecule has 2 aliphatic heterocycles. The van der Waals surface area contributed by atoms with Crippen molar-refractivity contribution in [1.29, 1.82) is 0 Å². The normalized spacial score (nSPS) is 26.3. The molecule has 0 aromatic heterocycles. The van der Waals surface area contributed by atoms with Crippen LogP contribution in [0.2, 0.25) is 0 Å². The second kappa shape index (κ2) is 29.1. The van der Waals surface area contributed by atoms with Gasteiger partial charge in [0.15, 0.2) is 12.6 Å². The number of hydrogen-bond acceptors (Lipinski definition) is 21. The van der Waals surface area contributed by atoms with Crippen LogP contribution in [0.25, 0.3) is 0 Å². The number of amides is 6. The van der Waals surface area contributed by atoms with E-state index in [9.17, 15) is 64.0 Å². The average molecular weight is 977 g/mol. The van der Waals surface area contributed by atoms with Crippen molar-refractivity contribution < 1.29 is 101 Å². The van der Waals surface area contributed by atoms with Gasteiger partial charge in [0.05, 0.1) is 32.0 Å². The monoisotopic (exact) mass is 976 g/mol. The first kappa shape index (κ1) is 58.3. The van der Waals surface area contributed by atoms with E-state index in [1.54, 1.807) is 20.8 Å². The molecule has 2 fully saturated rings. The molecule has 0 bridgehead atoms. The van der Waals surface area contributed by atoms with Crippen molar-refractivity contribution in [2.75, 3.05) is 72.5 Å². The lowest BCUT2D eigenvalue weighted by molar-refractivity contribution is -0.270. The van der Waals surface area contributed by atoms with Gasteiger partial charge >= 0.3 is 19.8 Å². The summed E-state index contributed by atoms with van der Waals surface area (Å²) in [5, 5.41) is 74.7. The van der Waals surface area contributed by atoms with Crippen molar-refractivity contribution in [3.8, 4) is 0 Å². The summed E-state index contributed by atoms with van der Waals surface area (Å²) in [4.78, 5) is 72.7. The lowest BCUT2D eigenvalue weighted by Gasteiger charge is -2.42. The van der Waals surface area contributed by atoms with E-state index >= 15 is 0 Å². The highest BCUT2D eigenvalue weighted by molar-refractivity contribution is 7.53. The molecule has 2 heterocycles. The highest BCUT2D eigenvalue weighted by atomic mass is 31.2. The van der Waals surface area contributed by atoms with Crippen LogP contribution in [0.1, 0.15) is 60.3 Å². The molecular weight excluding hydrogens is 907 g/mol. The Morgan fingerprint density at radius 3 is 1.38 bits per heavy atom. The third kappa shape index (κ3) is 22.3. The minimum Gasteiger partial charge on any atom is -0.447 e. The van der Waals surface area contributed by atoms with Crippen LogP contribution in [0.5, 0.6) is 0 Å². The molecule has 2 rings (SSSR count). The minimum absolute atomic E-state index is 0.00116. The van der Waals surface area contributed by atoms with Gasteiger partial charge in [0, 0.05) is 59.5 Å². The number of aliphatic hydroxyl groups is 6. The fourth-order valence-corrected chi connectivity index (χ4v) is 8.00. The summed E-state index contributed by atoms with van der Waals surface area (Å²) in [7, 11) is -3.80. The molecule has 27 nitrogen and oxygen atoms in total. The third-order valence-electron chi connectivity index (χ3n) is 9.18. The highest BCUT2D eigenvalue weighted by Crippen LogP contribution is 2.48. The first-order valence-electron chi connectivity index (χ1n) is 21.3. The van der Waals surface area contributed by atoms with E-state index in [0.717, 1.165) is 0 Å². The molecule has 6 amide bonds. The Bertz CT molecular complexity index is 1500. The largest absolute Gasteiger partial charge is 0.447 e. The summed E-state index contributed by atoms with van der Waals surface area (Å²) in [6.45, 7) is 6.15. The summed E-state index contributed by atoms with van der Waals surface area (Å²) in [5.41, 5.74) is -0.899. The number of carbonyl (C=O) groups excluding carboxylic acids is 6. The molecule has 2 aliphatic rings. The third-order valence-corrected chi connectivity index (χ3v) is 10.7. The topological polar surface area (TPSA) is 387 Å². The molecule has 2 saturated heterocycles. The van der Waals surface area contributed by atoms with Crippen molar-refractivity contribution in [3.63, 3.8) is 0 Å². The number of alkyl carbamates (subject to hydrolysis) is 2. The predicted molar refractivity (Wildman–Crippen MR) is 225 cm³/mol. The van der Waals surface area contributed by atoms with Gasteiger partial charge in [-0.1, -0.05) is 0 Å². The molecular formula is C38H69N6O21P. The van der Waals surface area contributed by atoms with Crippen LogP contribution in [0, 0.1) is 0 Å². The van der Waals surface area contributed by atoms with Crippen molar-refractivity contribution in [2.45, 2.75) is 133 Å². The van der Waals surface area contributed by atoms with Gasteiger partial charge in [0.25, 0.3) is 0 Å². The molecule has 11 atom stereocenters. The molecule has 0 saturated carbocycles. The summed E-state index contributed by atoms with van der Waals surface area (Å²) < 4.78 is 56.6. The van der Waals surface area contributed by atoms with Crippen LogP contribution in [0.3, 0.4) is 0 Å². The smallest absolute Gasteiger partial charge is 0.407 e. The number of nitrogens with one attached hydrogen (secondary N) is 6. The molecule has 382 valence electrons. The zero-order valence-corrected chi connectivity index (χ0v) is 38.9. The van der Waals surface area contributed by atoms with E-state index in [-0.39, 0.29) is 65.1 Å². The molecule has 66 heavy (non-hydrogen) atoms. The van der Waals surface area contributed by atoms with E-state index in [1.165, 1.54) is 20.5 Å². The van der Waals surface area contributed by atoms with Gasteiger partial charge in [0.1, 0.15) is 68.0 Å². The molecule has 0 radical (unpaired) electrons. The Morgan fingerprint density at radius 1 is 0.636 bits per heavy atom. The first-order valence-corrected chi connectivity index (χ1v) is 23.3. The van der Waals surface area contributed by atoms with E-state index in [2.05, 4.69) is 31.9 Å². The van der Waals surface area contributed by atoms with Crippen molar-refractivity contribution in [2.24, 2.45) is 0 Å². The molecule has 0 aromatic rings. The van der Waals surface area contributed by atoms with E-state index in [1.807, 2.05) is 0 Å². The summed E-state index contributed by atoms with van der Waals surface area (Å²) in [6, 6.07) is -2.22. The fourth-order valence-electron chi connectivity index (χ4n) is 6.30. The Balaban J connectivity index is 1.72. The highest BCUT2D eigenvalue weighted by Gasteiger charge is 2.46. The number of aliphatic hydroxyl groups excluding tert-OH is 6. The molecule has 12 N–H and O–H groups in total. The lowest BCUT2D eigenvalue weighted by atomic mass is 9.97. The summed E-state index contributed by atoms with van der Waals surface area (Å²) in [5.74, 6) is -1.90. The number of carbonyl (C=O) groups is 6. The Morgan fingerprint density at radius 2 is 1.03 bits per heavy atom. The van der Waals surface area contributed by atoms with Gasteiger partial charge in [-0.05, 0) is 33.6 Å². The maximum absolute atomic E-state index is 13.1. The molecule has 28 heteroatoms. The van der Waals surface area contributed by atoms with Crippen molar-refractivity contribution >= 4 is 43.4 Å². The van der Waals surface area contributed by atoms with Gasteiger partial charge in [0.2, 0.25) is 23.6 Å². The predicted octanol–water partition coefficient (Wildman–Crippen LogP) is -3.82. The van der Waals surface area contributed by atoms with Crippen LogP contribution in [-0.2, 0) is 61.2 Å². The van der Waals surface area contributed by atoms with Crippen molar-refractivity contribution in [3.05, 3.63) is 0 Å². The van der Waals surface area contributed by atoms with Gasteiger partial charge < -0.3 is 95.5 Å². The zero-order chi connectivity index (χ0) is 49.6. The van der Waals surface area contributed by atoms with E-state index in [4.69, 9.17) is 37.5 Å². The van der Waals surface area contributed by atoms with Gasteiger partial charge in [-0.15, -0.1) is 0 Å². The first-order chi connectivity index (χ1) is 31.0. The maximum atomic E-state index is 13.1. The number of rotatable bonds is 27. The molecule has 1 unspecified atom stereocenters. The van der Waals surface area contributed by atoms with Crippen LogP contribution in [0.15, 0.2) is 0 Å². The van der Waals surface area contributed by atoms with Crippen molar-refractivity contribution in [1.82, 2.24) is 31.9 Å². The fraction of sp³-hybridized carbons (Fsp3) is 0.842. The summed E-state index contributed by atoms with van der Waals surface area (Å²) in [6.07, 6.45) is -13.5. The van der Waals surface area contributed by atoms with E-state index < -0.39 is 143 Å². The standard InChI is InChI=1S/C38H69N6O21P/c1-21(47)43-28-32(53)30(51)24(17-45)62-34(28)58-15-7-11-39-26(49)9-13-41-36(55)60-19-23(64-66(6,57)65-38(3,4)5)20-61-37(56)42-14-10-27(50)40-12-8-16-59-35-29(44-22(2)48)33(54)31(52)25(18-46)63-35/h23-25,28-35,45-46,51-54H,7-20H2,1-6H3,(H,39,49)(H,40,50)(H,41,55)(H,42,56)(H,43,47)(H,44,48)/t24-,25-,28-,29-,30+,31+,32-,33-,34-,35-,66?/m1/s1. The lowest BCUT2D eigenvalue weighted by Crippen LogP contribution is -2.64. The molecule has 0 spiro atoms. The average Bonchev–Trinajstić information content (AvgIpc) is 3.22. The van der Waals surface area contributed by atoms with Gasteiger partial charge in [-0.25, -0.2) is 9.59 Å². The van der Waals surface area contributed by atoms with Crippen LogP contribution in [0.4, 0.5) is 9.59 Å².